The second-order valence-corrected chi connectivity index (χ2v) is 5.38. The zero-order valence-corrected chi connectivity index (χ0v) is 12.2. The van der Waals surface area contributed by atoms with E-state index in [4.69, 9.17) is 26.8 Å². The minimum absolute atomic E-state index is 0.126. The van der Waals surface area contributed by atoms with Crippen molar-refractivity contribution < 1.29 is 9.42 Å². The molecule has 2 heterocycles. The summed E-state index contributed by atoms with van der Waals surface area (Å²) in [4.78, 5) is 21.0. The first kappa shape index (κ1) is 13.7. The second-order valence-electron chi connectivity index (χ2n) is 4.55. The number of hydrogen-bond acceptors (Lipinski definition) is 6. The Balaban J connectivity index is 1.87. The van der Waals surface area contributed by atoms with E-state index in [-0.39, 0.29) is 23.1 Å². The lowest BCUT2D eigenvalue weighted by molar-refractivity contribution is 0.276. The van der Waals surface area contributed by atoms with Crippen LogP contribution in [0.3, 0.4) is 0 Å². The van der Waals surface area contributed by atoms with Crippen molar-refractivity contribution in [2.45, 2.75) is 12.5 Å². The van der Waals surface area contributed by atoms with Gasteiger partial charge in [-0.1, -0.05) is 23.8 Å². The minimum atomic E-state index is -0.477. The predicted molar refractivity (Wildman–Crippen MR) is 77.5 cm³/mol. The molecule has 0 saturated carbocycles. The summed E-state index contributed by atoms with van der Waals surface area (Å²) in [6.45, 7) is 0.506. The second kappa shape index (κ2) is 5.61. The van der Waals surface area contributed by atoms with E-state index in [1.807, 2.05) is 4.57 Å². The molecular formula is C11H13ClN5O2P. The van der Waals surface area contributed by atoms with Crippen LogP contribution in [-0.4, -0.2) is 31.0 Å². The Hall–Kier alpha value is -1.27. The van der Waals surface area contributed by atoms with Crippen LogP contribution in [0, 0.1) is 5.92 Å². The number of nitrogens with two attached hydrogens (primary N) is 1. The molecule has 2 aromatic rings. The first-order valence-electron chi connectivity index (χ1n) is 6.04. The smallest absolute Gasteiger partial charge is 0.223 e. The average Bonchev–Trinajstić information content (AvgIpc) is 3.02. The largest absolute Gasteiger partial charge is 0.368 e. The van der Waals surface area contributed by atoms with Crippen molar-refractivity contribution >= 4 is 37.7 Å². The maximum atomic E-state index is 8.70. The molecule has 106 valence electrons. The van der Waals surface area contributed by atoms with E-state index < -0.39 is 9.03 Å². The number of halogens is 1. The SMILES string of the molecule is Nc1nc(Cl)c2ncn([C@H]3C=C[C@@H](COPO)C3)c2n1. The average molecular weight is 314 g/mol. The van der Waals surface area contributed by atoms with Gasteiger partial charge >= 0.3 is 0 Å². The van der Waals surface area contributed by atoms with Crippen molar-refractivity contribution in [1.29, 1.82) is 0 Å². The standard InChI is InChI=1S/C11H13ClN5O2P/c12-9-8-10(16-11(13)15-9)17(5-14-8)7-2-1-6(3-7)4-19-20-18/h1-2,5-7,18,20H,3-4H2,(H2,13,15,16)/t6-,7+/m1/s1. The van der Waals surface area contributed by atoms with Crippen LogP contribution >= 0.6 is 20.6 Å². The van der Waals surface area contributed by atoms with Gasteiger partial charge in [0.1, 0.15) is 5.52 Å². The third-order valence-electron chi connectivity index (χ3n) is 3.27. The van der Waals surface area contributed by atoms with Crippen LogP contribution in [0.15, 0.2) is 18.5 Å². The molecule has 7 nitrogen and oxygen atoms in total. The Kier molecular flexibility index (Phi) is 3.85. The molecule has 0 aromatic carbocycles. The highest BCUT2D eigenvalue weighted by molar-refractivity contribution is 7.24. The molecule has 3 atom stereocenters. The Labute approximate surface area is 121 Å². The Morgan fingerprint density at radius 1 is 1.50 bits per heavy atom. The molecule has 2 aromatic heterocycles. The number of nitrogen functional groups attached to an aromatic ring is 1. The highest BCUT2D eigenvalue weighted by Gasteiger charge is 2.23. The van der Waals surface area contributed by atoms with Crippen LogP contribution < -0.4 is 5.73 Å². The number of hydrogen-bond donors (Lipinski definition) is 2. The number of allylic oxidation sites excluding steroid dienone is 1. The number of rotatable bonds is 4. The minimum Gasteiger partial charge on any atom is -0.368 e. The summed E-state index contributed by atoms with van der Waals surface area (Å²) in [5, 5.41) is 0.259. The predicted octanol–water partition coefficient (Wildman–Crippen LogP) is 1.70. The fourth-order valence-electron chi connectivity index (χ4n) is 2.37. The third kappa shape index (κ3) is 2.50. The molecule has 1 aliphatic rings. The van der Waals surface area contributed by atoms with E-state index in [2.05, 4.69) is 27.1 Å². The highest BCUT2D eigenvalue weighted by Crippen LogP contribution is 2.32. The van der Waals surface area contributed by atoms with Gasteiger partial charge < -0.3 is 19.7 Å². The van der Waals surface area contributed by atoms with Gasteiger partial charge in [0.15, 0.2) is 19.8 Å². The van der Waals surface area contributed by atoms with Gasteiger partial charge in [-0.25, -0.2) is 4.98 Å². The van der Waals surface area contributed by atoms with E-state index in [9.17, 15) is 0 Å². The van der Waals surface area contributed by atoms with Crippen LogP contribution in [0.1, 0.15) is 12.5 Å². The fraction of sp³-hybridized carbons (Fsp3) is 0.364. The molecule has 20 heavy (non-hydrogen) atoms. The maximum Gasteiger partial charge on any atom is 0.223 e. The van der Waals surface area contributed by atoms with E-state index in [1.165, 1.54) is 0 Å². The van der Waals surface area contributed by atoms with Crippen LogP contribution in [0.2, 0.25) is 5.15 Å². The quantitative estimate of drug-likeness (QED) is 0.506. The summed E-state index contributed by atoms with van der Waals surface area (Å²) in [6, 6.07) is 0.126. The first-order chi connectivity index (χ1) is 9.69. The van der Waals surface area contributed by atoms with Crippen molar-refractivity contribution in [1.82, 2.24) is 19.5 Å². The van der Waals surface area contributed by atoms with Crippen LogP contribution in [0.4, 0.5) is 5.95 Å². The van der Waals surface area contributed by atoms with Crippen molar-refractivity contribution in [2.75, 3.05) is 12.3 Å². The van der Waals surface area contributed by atoms with Gasteiger partial charge in [-0.05, 0) is 6.42 Å². The summed E-state index contributed by atoms with van der Waals surface area (Å²) in [7, 11) is -0.477. The van der Waals surface area contributed by atoms with Gasteiger partial charge in [0.25, 0.3) is 0 Å². The van der Waals surface area contributed by atoms with Gasteiger partial charge in [0.2, 0.25) is 5.95 Å². The normalized spacial score (nSPS) is 22.5. The molecule has 0 amide bonds. The van der Waals surface area contributed by atoms with Gasteiger partial charge in [-0.15, -0.1) is 0 Å². The topological polar surface area (TPSA) is 99.1 Å². The molecule has 0 radical (unpaired) electrons. The Morgan fingerprint density at radius 3 is 3.15 bits per heavy atom. The molecule has 0 bridgehead atoms. The summed E-state index contributed by atoms with van der Waals surface area (Å²) in [5.41, 5.74) is 6.81. The monoisotopic (exact) mass is 313 g/mol. The number of imidazole rings is 1. The van der Waals surface area contributed by atoms with Crippen LogP contribution in [-0.2, 0) is 4.52 Å². The molecule has 3 rings (SSSR count). The van der Waals surface area contributed by atoms with E-state index in [0.717, 1.165) is 6.42 Å². The number of aromatic nitrogens is 4. The Morgan fingerprint density at radius 2 is 2.35 bits per heavy atom. The molecule has 0 saturated heterocycles. The van der Waals surface area contributed by atoms with E-state index >= 15 is 0 Å². The third-order valence-corrected chi connectivity index (χ3v) is 3.82. The Bertz CT molecular complexity index is 662. The number of fused-ring (bicyclic) bond motifs is 1. The zero-order chi connectivity index (χ0) is 14.1. The van der Waals surface area contributed by atoms with Crippen LogP contribution in [0.25, 0.3) is 11.2 Å². The summed E-state index contributed by atoms with van der Waals surface area (Å²) < 4.78 is 6.98. The van der Waals surface area contributed by atoms with Crippen molar-refractivity contribution in [3.8, 4) is 0 Å². The maximum absolute atomic E-state index is 8.70. The summed E-state index contributed by atoms with van der Waals surface area (Å²) in [5.74, 6) is 0.402. The lowest BCUT2D eigenvalue weighted by atomic mass is 10.1. The summed E-state index contributed by atoms with van der Waals surface area (Å²) >= 11 is 6.01. The van der Waals surface area contributed by atoms with E-state index in [1.54, 1.807) is 6.33 Å². The van der Waals surface area contributed by atoms with Crippen molar-refractivity contribution in [3.05, 3.63) is 23.6 Å². The number of nitrogens with zero attached hydrogens (tertiary/aromatic N) is 4. The van der Waals surface area contributed by atoms with Gasteiger partial charge in [-0.2, -0.15) is 9.97 Å². The van der Waals surface area contributed by atoms with Gasteiger partial charge in [0, 0.05) is 5.92 Å². The highest BCUT2D eigenvalue weighted by atomic mass is 35.5. The molecule has 3 N–H and O–H groups in total. The van der Waals surface area contributed by atoms with Crippen LogP contribution in [0.5, 0.6) is 0 Å². The molecule has 1 aliphatic carbocycles. The fourth-order valence-corrected chi connectivity index (χ4v) is 2.88. The lowest BCUT2D eigenvalue weighted by Crippen LogP contribution is -2.09. The zero-order valence-electron chi connectivity index (χ0n) is 10.4. The van der Waals surface area contributed by atoms with E-state index in [0.29, 0.717) is 17.8 Å². The first-order valence-corrected chi connectivity index (χ1v) is 7.27. The molecule has 0 aliphatic heterocycles. The van der Waals surface area contributed by atoms with Gasteiger partial charge in [0.05, 0.1) is 19.0 Å². The van der Waals surface area contributed by atoms with Crippen molar-refractivity contribution in [3.63, 3.8) is 0 Å². The number of anilines is 1. The lowest BCUT2D eigenvalue weighted by Gasteiger charge is -2.13. The van der Waals surface area contributed by atoms with Crippen molar-refractivity contribution in [2.24, 2.45) is 5.92 Å². The molecule has 0 fully saturated rings. The molecule has 0 spiro atoms. The van der Waals surface area contributed by atoms with Gasteiger partial charge in [-0.3, -0.25) is 0 Å². The molecule has 1 unspecified atom stereocenters. The summed E-state index contributed by atoms with van der Waals surface area (Å²) in [6.07, 6.45) is 6.69. The molecular weight excluding hydrogens is 301 g/mol. The molecule has 9 heteroatoms.